The summed E-state index contributed by atoms with van der Waals surface area (Å²) in [6.07, 6.45) is 3.51. The lowest BCUT2D eigenvalue weighted by atomic mass is 9.72. The molecule has 0 spiro atoms. The predicted molar refractivity (Wildman–Crippen MR) is 133 cm³/mol. The van der Waals surface area contributed by atoms with Gasteiger partial charge in [-0.25, -0.2) is 0 Å². The molecule has 2 aromatic carbocycles. The first-order valence-corrected chi connectivity index (χ1v) is 12.0. The molecule has 1 atom stereocenters. The average molecular weight is 411 g/mol. The zero-order valence-electron chi connectivity index (χ0n) is 21.4. The Hall–Kier alpha value is -1.34. The van der Waals surface area contributed by atoms with Crippen molar-refractivity contribution in [2.75, 3.05) is 6.61 Å². The first-order valence-electron chi connectivity index (χ1n) is 12.0. The van der Waals surface area contributed by atoms with E-state index in [2.05, 4.69) is 106 Å². The SMILES string of the molecule is CCC(C)(CC)COC(C)(C)c1ccc2cc(C(CC(C)C)C(C)(C)C)ccc2c1. The zero-order valence-corrected chi connectivity index (χ0v) is 21.4. The summed E-state index contributed by atoms with van der Waals surface area (Å²) in [6.45, 7) is 23.8. The minimum atomic E-state index is -0.288. The van der Waals surface area contributed by atoms with E-state index < -0.39 is 0 Å². The van der Waals surface area contributed by atoms with Crippen LogP contribution in [0.5, 0.6) is 0 Å². The van der Waals surface area contributed by atoms with Crippen molar-refractivity contribution in [1.82, 2.24) is 0 Å². The maximum absolute atomic E-state index is 6.46. The van der Waals surface area contributed by atoms with E-state index in [0.29, 0.717) is 11.8 Å². The number of fused-ring (bicyclic) bond motifs is 1. The lowest BCUT2D eigenvalue weighted by Gasteiger charge is -2.34. The topological polar surface area (TPSA) is 9.23 Å². The summed E-state index contributed by atoms with van der Waals surface area (Å²) in [6, 6.07) is 13.9. The number of ether oxygens (including phenoxy) is 1. The second kappa shape index (κ2) is 9.43. The third kappa shape index (κ3) is 6.10. The predicted octanol–water partition coefficient (Wildman–Crippen LogP) is 9.09. The smallest absolute Gasteiger partial charge is 0.0875 e. The quantitative estimate of drug-likeness (QED) is 0.400. The lowest BCUT2D eigenvalue weighted by Crippen LogP contribution is -2.30. The van der Waals surface area contributed by atoms with E-state index in [-0.39, 0.29) is 16.4 Å². The molecule has 0 N–H and O–H groups in total. The van der Waals surface area contributed by atoms with Gasteiger partial charge in [-0.15, -0.1) is 0 Å². The Kier molecular flexibility index (Phi) is 7.83. The van der Waals surface area contributed by atoms with Crippen molar-refractivity contribution >= 4 is 10.8 Å². The third-order valence-corrected chi connectivity index (χ3v) is 7.20. The van der Waals surface area contributed by atoms with E-state index in [0.717, 1.165) is 19.4 Å². The van der Waals surface area contributed by atoms with Crippen LogP contribution in [0, 0.1) is 16.7 Å². The number of benzene rings is 2. The van der Waals surface area contributed by atoms with Crippen LogP contribution in [0.2, 0.25) is 0 Å². The Morgan fingerprint density at radius 3 is 1.90 bits per heavy atom. The number of hydrogen-bond donors (Lipinski definition) is 0. The highest BCUT2D eigenvalue weighted by atomic mass is 16.5. The molecule has 0 amide bonds. The molecule has 0 saturated carbocycles. The molecule has 0 heterocycles. The minimum absolute atomic E-state index is 0.251. The van der Waals surface area contributed by atoms with E-state index in [4.69, 9.17) is 4.74 Å². The molecule has 0 aliphatic rings. The molecule has 30 heavy (non-hydrogen) atoms. The van der Waals surface area contributed by atoms with Gasteiger partial charge in [-0.2, -0.15) is 0 Å². The Bertz CT molecular complexity index is 818. The first-order chi connectivity index (χ1) is 13.8. The molecule has 0 fully saturated rings. The standard InChI is InChI=1S/C29H46O/c1-11-29(10,12-2)20-30-28(8,9)25-16-15-22-18-24(14-13-23(22)19-25)26(17-21(3)4)27(5,6)7/h13-16,18-19,21,26H,11-12,17,20H2,1-10H3. The normalized spacial score (nSPS) is 14.5. The Morgan fingerprint density at radius 1 is 0.800 bits per heavy atom. The molecule has 1 heteroatoms. The van der Waals surface area contributed by atoms with E-state index in [1.807, 2.05) is 0 Å². The van der Waals surface area contributed by atoms with Crippen LogP contribution in [0.15, 0.2) is 36.4 Å². The highest BCUT2D eigenvalue weighted by molar-refractivity contribution is 5.84. The maximum Gasteiger partial charge on any atom is 0.0875 e. The molecule has 168 valence electrons. The molecule has 0 aliphatic heterocycles. The molecular weight excluding hydrogens is 364 g/mol. The van der Waals surface area contributed by atoms with Crippen LogP contribution >= 0.6 is 0 Å². The van der Waals surface area contributed by atoms with Gasteiger partial charge in [0.15, 0.2) is 0 Å². The minimum Gasteiger partial charge on any atom is -0.370 e. The van der Waals surface area contributed by atoms with Crippen molar-refractivity contribution in [3.8, 4) is 0 Å². The summed E-state index contributed by atoms with van der Waals surface area (Å²) in [5.41, 5.74) is 2.95. The highest BCUT2D eigenvalue weighted by Gasteiger charge is 2.29. The summed E-state index contributed by atoms with van der Waals surface area (Å²) >= 11 is 0. The van der Waals surface area contributed by atoms with Crippen LogP contribution < -0.4 is 0 Å². The Balaban J connectivity index is 2.32. The first kappa shape index (κ1) is 24.9. The summed E-state index contributed by atoms with van der Waals surface area (Å²) in [7, 11) is 0. The highest BCUT2D eigenvalue weighted by Crippen LogP contribution is 2.41. The van der Waals surface area contributed by atoms with Crippen molar-refractivity contribution in [1.29, 1.82) is 0 Å². The van der Waals surface area contributed by atoms with Gasteiger partial charge in [0.2, 0.25) is 0 Å². The largest absolute Gasteiger partial charge is 0.370 e. The van der Waals surface area contributed by atoms with Gasteiger partial charge in [-0.1, -0.05) is 85.7 Å². The fourth-order valence-electron chi connectivity index (χ4n) is 4.21. The summed E-state index contributed by atoms with van der Waals surface area (Å²) < 4.78 is 6.46. The second-order valence-corrected chi connectivity index (χ2v) is 11.7. The Labute approximate surface area is 186 Å². The molecule has 0 saturated heterocycles. The molecule has 0 aliphatic carbocycles. The molecule has 2 rings (SSSR count). The van der Waals surface area contributed by atoms with Gasteiger partial charge in [0.1, 0.15) is 0 Å². The van der Waals surface area contributed by atoms with Gasteiger partial charge in [0.05, 0.1) is 12.2 Å². The molecule has 0 radical (unpaired) electrons. The molecule has 0 bridgehead atoms. The van der Waals surface area contributed by atoms with Crippen molar-refractivity contribution in [2.24, 2.45) is 16.7 Å². The molecule has 0 aromatic heterocycles. The van der Waals surface area contributed by atoms with Crippen molar-refractivity contribution < 1.29 is 4.74 Å². The third-order valence-electron chi connectivity index (χ3n) is 7.20. The van der Waals surface area contributed by atoms with E-state index in [1.54, 1.807) is 0 Å². The fraction of sp³-hybridized carbons (Fsp3) is 0.655. The van der Waals surface area contributed by atoms with Gasteiger partial charge >= 0.3 is 0 Å². The van der Waals surface area contributed by atoms with Crippen LogP contribution in [0.25, 0.3) is 10.8 Å². The lowest BCUT2D eigenvalue weighted by molar-refractivity contribution is -0.0651. The van der Waals surface area contributed by atoms with E-state index in [1.165, 1.54) is 28.3 Å². The van der Waals surface area contributed by atoms with Gasteiger partial charge in [-0.05, 0) is 83.7 Å². The second-order valence-electron chi connectivity index (χ2n) is 11.7. The molecule has 1 nitrogen and oxygen atoms in total. The number of hydrogen-bond acceptors (Lipinski definition) is 1. The monoisotopic (exact) mass is 410 g/mol. The molecule has 2 aromatic rings. The van der Waals surface area contributed by atoms with Gasteiger partial charge in [0.25, 0.3) is 0 Å². The van der Waals surface area contributed by atoms with Crippen molar-refractivity contribution in [2.45, 2.75) is 100 Å². The van der Waals surface area contributed by atoms with Crippen LogP contribution in [0.1, 0.15) is 106 Å². The maximum atomic E-state index is 6.46. The Morgan fingerprint density at radius 2 is 1.37 bits per heavy atom. The van der Waals surface area contributed by atoms with Gasteiger partial charge < -0.3 is 4.74 Å². The van der Waals surface area contributed by atoms with Crippen LogP contribution in [-0.4, -0.2) is 6.61 Å². The van der Waals surface area contributed by atoms with Gasteiger partial charge in [0, 0.05) is 0 Å². The van der Waals surface area contributed by atoms with Gasteiger partial charge in [-0.3, -0.25) is 0 Å². The molecular formula is C29H46O. The summed E-state index contributed by atoms with van der Waals surface area (Å²) in [4.78, 5) is 0. The fourth-order valence-corrected chi connectivity index (χ4v) is 4.21. The van der Waals surface area contributed by atoms with Crippen molar-refractivity contribution in [3.63, 3.8) is 0 Å². The van der Waals surface area contributed by atoms with Crippen LogP contribution in [0.4, 0.5) is 0 Å². The van der Waals surface area contributed by atoms with Crippen molar-refractivity contribution in [3.05, 3.63) is 47.5 Å². The van der Waals surface area contributed by atoms with E-state index in [9.17, 15) is 0 Å². The average Bonchev–Trinajstić information content (AvgIpc) is 2.68. The van der Waals surface area contributed by atoms with E-state index >= 15 is 0 Å². The summed E-state index contributed by atoms with van der Waals surface area (Å²) in [5.74, 6) is 1.27. The summed E-state index contributed by atoms with van der Waals surface area (Å²) in [5, 5.41) is 2.64. The van der Waals surface area contributed by atoms with Crippen LogP contribution in [0.3, 0.4) is 0 Å². The molecule has 1 unspecified atom stereocenters. The number of rotatable bonds is 9. The zero-order chi connectivity index (χ0) is 22.7. The van der Waals surface area contributed by atoms with Crippen LogP contribution in [-0.2, 0) is 10.3 Å².